The van der Waals surface area contributed by atoms with E-state index in [2.05, 4.69) is 17.3 Å². The summed E-state index contributed by atoms with van der Waals surface area (Å²) in [6, 6.07) is 2.24. The molecule has 134 valence electrons. The lowest BCUT2D eigenvalue weighted by Gasteiger charge is -2.37. The number of carbonyl (C=O) groups excluding carboxylic acids is 1. The number of amides is 1. The van der Waals surface area contributed by atoms with Crippen LogP contribution in [0.1, 0.15) is 60.3 Å². The summed E-state index contributed by atoms with van der Waals surface area (Å²) in [7, 11) is 2.27. The third-order valence-electron chi connectivity index (χ3n) is 5.14. The molecule has 2 saturated heterocycles. The van der Waals surface area contributed by atoms with Gasteiger partial charge >= 0.3 is 6.09 Å². The fourth-order valence-corrected chi connectivity index (χ4v) is 3.85. The number of rotatable bonds is 5. The van der Waals surface area contributed by atoms with Gasteiger partial charge in [-0.05, 0) is 67.3 Å². The van der Waals surface area contributed by atoms with Crippen molar-refractivity contribution in [3.05, 3.63) is 0 Å². The quantitative estimate of drug-likeness (QED) is 0.844. The molecule has 0 saturated carbocycles. The fraction of sp³-hybridized carbons (Fsp3) is 0.944. The van der Waals surface area contributed by atoms with Crippen LogP contribution in [0.15, 0.2) is 0 Å². The molecule has 2 rings (SSSR count). The maximum atomic E-state index is 12.3. The molecule has 0 aromatic carbocycles. The predicted octanol–water partition coefficient (Wildman–Crippen LogP) is 2.85. The number of ether oxygens (including phenoxy) is 1. The molecule has 0 spiro atoms. The molecule has 0 aromatic rings. The highest BCUT2D eigenvalue weighted by Gasteiger charge is 2.38. The highest BCUT2D eigenvalue weighted by molar-refractivity contribution is 5.68. The van der Waals surface area contributed by atoms with Gasteiger partial charge in [0.15, 0.2) is 0 Å². The van der Waals surface area contributed by atoms with Crippen LogP contribution in [0.2, 0.25) is 0 Å². The maximum Gasteiger partial charge on any atom is 0.410 e. The van der Waals surface area contributed by atoms with Gasteiger partial charge in [0.05, 0.1) is 0 Å². The maximum absolute atomic E-state index is 12.3. The Balaban J connectivity index is 1.78. The second kappa shape index (κ2) is 7.39. The third kappa shape index (κ3) is 5.08. The Hall–Kier alpha value is -0.810. The van der Waals surface area contributed by atoms with Crippen LogP contribution in [0.5, 0.6) is 0 Å². The second-order valence-corrected chi connectivity index (χ2v) is 8.44. The largest absolute Gasteiger partial charge is 0.444 e. The van der Waals surface area contributed by atoms with Gasteiger partial charge in [0.2, 0.25) is 0 Å². The first kappa shape index (κ1) is 18.5. The Morgan fingerprint density at radius 2 is 1.83 bits per heavy atom. The van der Waals surface area contributed by atoms with Crippen molar-refractivity contribution < 1.29 is 9.53 Å². The lowest BCUT2D eigenvalue weighted by Crippen LogP contribution is -2.50. The van der Waals surface area contributed by atoms with Gasteiger partial charge < -0.3 is 19.9 Å². The number of hydrogen-bond acceptors (Lipinski definition) is 4. The molecule has 0 aromatic heterocycles. The third-order valence-corrected chi connectivity index (χ3v) is 5.14. The van der Waals surface area contributed by atoms with Gasteiger partial charge in [-0.25, -0.2) is 4.79 Å². The van der Waals surface area contributed by atoms with Gasteiger partial charge in [0, 0.05) is 37.3 Å². The molecule has 5 heteroatoms. The van der Waals surface area contributed by atoms with Gasteiger partial charge in [-0.2, -0.15) is 0 Å². The zero-order valence-electron chi connectivity index (χ0n) is 15.8. The van der Waals surface area contributed by atoms with Crippen molar-refractivity contribution in [3.8, 4) is 0 Å². The van der Waals surface area contributed by atoms with E-state index < -0.39 is 5.60 Å². The van der Waals surface area contributed by atoms with Crippen LogP contribution in [-0.2, 0) is 4.74 Å². The topological polar surface area (TPSA) is 44.8 Å². The average Bonchev–Trinajstić information content (AvgIpc) is 2.64. The van der Waals surface area contributed by atoms with Gasteiger partial charge in [-0.3, -0.25) is 0 Å². The van der Waals surface area contributed by atoms with Crippen LogP contribution < -0.4 is 5.32 Å². The fourth-order valence-electron chi connectivity index (χ4n) is 3.85. The van der Waals surface area contributed by atoms with Crippen molar-refractivity contribution in [2.24, 2.45) is 0 Å². The Morgan fingerprint density at radius 3 is 2.30 bits per heavy atom. The molecule has 0 radical (unpaired) electrons. The van der Waals surface area contributed by atoms with E-state index in [0.29, 0.717) is 12.6 Å². The summed E-state index contributed by atoms with van der Waals surface area (Å²) in [4.78, 5) is 16.7. The summed E-state index contributed by atoms with van der Waals surface area (Å²) < 4.78 is 5.51. The first-order valence-electron chi connectivity index (χ1n) is 9.12. The summed E-state index contributed by atoms with van der Waals surface area (Å²) in [6.45, 7) is 11.4. The monoisotopic (exact) mass is 325 g/mol. The lowest BCUT2D eigenvalue weighted by molar-refractivity contribution is 0.0189. The van der Waals surface area contributed by atoms with Gasteiger partial charge in [0.25, 0.3) is 0 Å². The van der Waals surface area contributed by atoms with Crippen LogP contribution in [0.4, 0.5) is 4.79 Å². The van der Waals surface area contributed by atoms with E-state index in [0.717, 1.165) is 18.6 Å². The van der Waals surface area contributed by atoms with E-state index in [9.17, 15) is 4.79 Å². The van der Waals surface area contributed by atoms with Crippen LogP contribution in [0.3, 0.4) is 0 Å². The number of nitrogens with zero attached hydrogens (tertiary/aromatic N) is 2. The molecule has 1 N–H and O–H groups in total. The standard InChI is InChI=1S/C18H35N3O2/c1-13(2)21(17(22)23-18(3,4)5)10-9-19-14-11-15-7-8-16(12-14)20(15)6/h13-16,19H,7-12H2,1-6H3. The lowest BCUT2D eigenvalue weighted by atomic mass is 9.98. The molecule has 2 heterocycles. The van der Waals surface area contributed by atoms with Crippen molar-refractivity contribution in [2.45, 2.75) is 90.1 Å². The Morgan fingerprint density at radius 1 is 1.26 bits per heavy atom. The SMILES string of the molecule is CC(C)N(CCNC1CC2CCC(C1)N2C)C(=O)OC(C)(C)C. The normalized spacial score (nSPS) is 28.2. The smallest absolute Gasteiger partial charge is 0.410 e. The minimum atomic E-state index is -0.440. The summed E-state index contributed by atoms with van der Waals surface area (Å²) in [5.41, 5.74) is -0.440. The van der Waals surface area contributed by atoms with E-state index >= 15 is 0 Å². The molecule has 2 bridgehead atoms. The number of hydrogen-bond donors (Lipinski definition) is 1. The molecule has 2 aliphatic rings. The minimum Gasteiger partial charge on any atom is -0.444 e. The Kier molecular flexibility index (Phi) is 5.95. The molecule has 5 nitrogen and oxygen atoms in total. The zero-order chi connectivity index (χ0) is 17.2. The molecule has 2 aliphatic heterocycles. The Labute approximate surface area is 141 Å². The van der Waals surface area contributed by atoms with E-state index in [1.165, 1.54) is 25.7 Å². The molecule has 2 unspecified atom stereocenters. The number of carbonyl (C=O) groups is 1. The van der Waals surface area contributed by atoms with Crippen molar-refractivity contribution >= 4 is 6.09 Å². The molecule has 0 aliphatic carbocycles. The van der Waals surface area contributed by atoms with Gasteiger partial charge in [0.1, 0.15) is 5.60 Å². The van der Waals surface area contributed by atoms with Gasteiger partial charge in [-0.15, -0.1) is 0 Å². The molecule has 2 fully saturated rings. The molecule has 23 heavy (non-hydrogen) atoms. The number of fused-ring (bicyclic) bond motifs is 2. The van der Waals surface area contributed by atoms with E-state index in [1.807, 2.05) is 39.5 Å². The predicted molar refractivity (Wildman–Crippen MR) is 93.7 cm³/mol. The highest BCUT2D eigenvalue weighted by atomic mass is 16.6. The zero-order valence-corrected chi connectivity index (χ0v) is 15.8. The molecule has 1 amide bonds. The first-order chi connectivity index (χ1) is 10.7. The second-order valence-electron chi connectivity index (χ2n) is 8.44. The molecule has 2 atom stereocenters. The molecular formula is C18H35N3O2. The summed E-state index contributed by atoms with van der Waals surface area (Å²) in [5.74, 6) is 0. The van der Waals surface area contributed by atoms with Crippen molar-refractivity contribution in [1.29, 1.82) is 0 Å². The van der Waals surface area contributed by atoms with Crippen molar-refractivity contribution in [2.75, 3.05) is 20.1 Å². The summed E-state index contributed by atoms with van der Waals surface area (Å²) >= 11 is 0. The Bertz CT molecular complexity index is 392. The van der Waals surface area contributed by atoms with Crippen molar-refractivity contribution in [1.82, 2.24) is 15.1 Å². The van der Waals surface area contributed by atoms with Crippen LogP contribution in [0.25, 0.3) is 0 Å². The summed E-state index contributed by atoms with van der Waals surface area (Å²) in [6.07, 6.45) is 4.95. The van der Waals surface area contributed by atoms with Crippen LogP contribution in [0, 0.1) is 0 Å². The average molecular weight is 325 g/mol. The highest BCUT2D eigenvalue weighted by Crippen LogP contribution is 2.34. The van der Waals surface area contributed by atoms with E-state index in [1.54, 1.807) is 0 Å². The summed E-state index contributed by atoms with van der Waals surface area (Å²) in [5, 5.41) is 3.67. The van der Waals surface area contributed by atoms with Gasteiger partial charge in [-0.1, -0.05) is 0 Å². The number of piperidine rings is 1. The van der Waals surface area contributed by atoms with Crippen LogP contribution in [-0.4, -0.2) is 65.8 Å². The number of nitrogens with one attached hydrogen (secondary N) is 1. The van der Waals surface area contributed by atoms with E-state index in [-0.39, 0.29) is 12.1 Å². The van der Waals surface area contributed by atoms with Crippen molar-refractivity contribution in [3.63, 3.8) is 0 Å². The van der Waals surface area contributed by atoms with Crippen LogP contribution >= 0.6 is 0 Å². The molecular weight excluding hydrogens is 290 g/mol. The first-order valence-corrected chi connectivity index (χ1v) is 9.12. The van der Waals surface area contributed by atoms with E-state index in [4.69, 9.17) is 4.74 Å². The minimum absolute atomic E-state index is 0.153.